The van der Waals surface area contributed by atoms with E-state index in [1.165, 1.54) is 0 Å². The fourth-order valence-corrected chi connectivity index (χ4v) is 1.18. The summed E-state index contributed by atoms with van der Waals surface area (Å²) >= 11 is 0. The van der Waals surface area contributed by atoms with Crippen LogP contribution in [0.5, 0.6) is 0 Å². The summed E-state index contributed by atoms with van der Waals surface area (Å²) in [4.78, 5) is 22.8. The lowest BCUT2D eigenvalue weighted by Gasteiger charge is -2.21. The number of alkyl carbamates (subject to hydrolysis) is 1. The molecule has 0 spiro atoms. The average Bonchev–Trinajstić information content (AvgIpc) is 2.16. The Morgan fingerprint density at radius 1 is 1.24 bits per heavy atom. The monoisotopic (exact) mass is 245 g/mol. The maximum Gasteiger partial charge on any atom is 0.407 e. The highest BCUT2D eigenvalue weighted by Gasteiger charge is 2.21. The van der Waals surface area contributed by atoms with Gasteiger partial charge in [0.2, 0.25) is 0 Å². The maximum absolute atomic E-state index is 11.5. The number of ether oxygens (including phenoxy) is 2. The molecule has 1 N–H and O–H groups in total. The molecular weight excluding hydrogens is 222 g/mol. The fourth-order valence-electron chi connectivity index (χ4n) is 1.18. The van der Waals surface area contributed by atoms with Gasteiger partial charge in [-0.25, -0.2) is 4.79 Å². The molecule has 0 aliphatic carbocycles. The van der Waals surface area contributed by atoms with Gasteiger partial charge >= 0.3 is 12.1 Å². The van der Waals surface area contributed by atoms with E-state index in [4.69, 9.17) is 9.47 Å². The Balaban J connectivity index is 4.07. The molecule has 17 heavy (non-hydrogen) atoms. The number of esters is 1. The Kier molecular flexibility index (Phi) is 6.61. The second kappa shape index (κ2) is 7.14. The molecule has 0 saturated heterocycles. The Morgan fingerprint density at radius 3 is 2.24 bits per heavy atom. The first kappa shape index (κ1) is 15.7. The van der Waals surface area contributed by atoms with Crippen LogP contribution in [0, 0.1) is 5.92 Å². The first-order valence-electron chi connectivity index (χ1n) is 5.93. The van der Waals surface area contributed by atoms with Crippen molar-refractivity contribution in [3.8, 4) is 0 Å². The number of hydrogen-bond donors (Lipinski definition) is 1. The van der Waals surface area contributed by atoms with Crippen molar-refractivity contribution in [3.05, 3.63) is 0 Å². The van der Waals surface area contributed by atoms with E-state index in [-0.39, 0.29) is 18.4 Å². The zero-order chi connectivity index (χ0) is 13.5. The van der Waals surface area contributed by atoms with Gasteiger partial charge in [0, 0.05) is 6.54 Å². The molecule has 0 heterocycles. The molecule has 0 fully saturated rings. The first-order valence-corrected chi connectivity index (χ1v) is 5.93. The molecule has 0 aliphatic heterocycles. The predicted molar refractivity (Wildman–Crippen MR) is 64.7 cm³/mol. The van der Waals surface area contributed by atoms with Crippen LogP contribution >= 0.6 is 0 Å². The van der Waals surface area contributed by atoms with Crippen molar-refractivity contribution in [2.75, 3.05) is 13.2 Å². The topological polar surface area (TPSA) is 64.6 Å². The molecule has 1 amide bonds. The summed E-state index contributed by atoms with van der Waals surface area (Å²) in [6.07, 6.45) is 0.106. The largest absolute Gasteiger partial charge is 0.466 e. The zero-order valence-electron chi connectivity index (χ0n) is 11.3. The van der Waals surface area contributed by atoms with Gasteiger partial charge in [-0.15, -0.1) is 0 Å². The summed E-state index contributed by atoms with van der Waals surface area (Å²) in [6.45, 7) is 9.58. The van der Waals surface area contributed by atoms with E-state index in [1.807, 2.05) is 6.92 Å². The van der Waals surface area contributed by atoms with E-state index in [0.29, 0.717) is 13.0 Å². The number of nitrogens with one attached hydrogen (secondary N) is 1. The first-order chi connectivity index (χ1) is 7.80. The quantitative estimate of drug-likeness (QED) is 0.753. The fraction of sp³-hybridized carbons (Fsp3) is 0.833. The van der Waals surface area contributed by atoms with Crippen LogP contribution in [0.1, 0.15) is 41.0 Å². The zero-order valence-corrected chi connectivity index (χ0v) is 11.3. The van der Waals surface area contributed by atoms with Crippen molar-refractivity contribution in [1.29, 1.82) is 0 Å². The SMILES string of the molecule is CCOC(=O)[C@@H](CC)CNC(=O)OC(C)(C)C. The van der Waals surface area contributed by atoms with Gasteiger partial charge in [0.05, 0.1) is 12.5 Å². The third-order valence-electron chi connectivity index (χ3n) is 2.00. The summed E-state index contributed by atoms with van der Waals surface area (Å²) < 4.78 is 9.97. The average molecular weight is 245 g/mol. The van der Waals surface area contributed by atoms with Crippen molar-refractivity contribution in [2.45, 2.75) is 46.6 Å². The standard InChI is InChI=1S/C12H23NO4/c1-6-9(10(14)16-7-2)8-13-11(15)17-12(3,4)5/h9H,6-8H2,1-5H3,(H,13,15)/t9-/m0/s1. The molecule has 0 radical (unpaired) electrons. The number of rotatable bonds is 5. The van der Waals surface area contributed by atoms with E-state index in [1.54, 1.807) is 27.7 Å². The molecule has 0 unspecified atom stereocenters. The van der Waals surface area contributed by atoms with Gasteiger partial charge in [-0.3, -0.25) is 4.79 Å². The van der Waals surface area contributed by atoms with E-state index in [9.17, 15) is 9.59 Å². The Bertz CT molecular complexity index is 258. The van der Waals surface area contributed by atoms with Gasteiger partial charge in [0.1, 0.15) is 5.60 Å². The van der Waals surface area contributed by atoms with Crippen LogP contribution in [0.3, 0.4) is 0 Å². The molecule has 5 heteroatoms. The van der Waals surface area contributed by atoms with Gasteiger partial charge in [-0.05, 0) is 34.1 Å². The minimum Gasteiger partial charge on any atom is -0.466 e. The second-order valence-corrected chi connectivity index (χ2v) is 4.74. The molecule has 0 rings (SSSR count). The van der Waals surface area contributed by atoms with E-state index >= 15 is 0 Å². The van der Waals surface area contributed by atoms with Gasteiger partial charge in [0.25, 0.3) is 0 Å². The summed E-state index contributed by atoms with van der Waals surface area (Å²) in [5.74, 6) is -0.603. The van der Waals surface area contributed by atoms with Crippen molar-refractivity contribution >= 4 is 12.1 Å². The lowest BCUT2D eigenvalue weighted by molar-refractivity contribution is -0.147. The van der Waals surface area contributed by atoms with Gasteiger partial charge < -0.3 is 14.8 Å². The highest BCUT2D eigenvalue weighted by atomic mass is 16.6. The van der Waals surface area contributed by atoms with E-state index in [2.05, 4.69) is 5.32 Å². The summed E-state index contributed by atoms with van der Waals surface area (Å²) in [5, 5.41) is 2.57. The third kappa shape index (κ3) is 7.60. The smallest absolute Gasteiger partial charge is 0.407 e. The molecular formula is C12H23NO4. The minimum atomic E-state index is -0.532. The molecule has 0 aromatic rings. The molecule has 1 atom stereocenters. The van der Waals surface area contributed by atoms with Crippen molar-refractivity contribution in [2.24, 2.45) is 5.92 Å². The summed E-state index contributed by atoms with van der Waals surface area (Å²) in [7, 11) is 0. The molecule has 0 aromatic carbocycles. The highest BCUT2D eigenvalue weighted by Crippen LogP contribution is 2.08. The van der Waals surface area contributed by atoms with Crippen LogP contribution in [-0.2, 0) is 14.3 Å². The van der Waals surface area contributed by atoms with Crippen LogP contribution in [0.15, 0.2) is 0 Å². The highest BCUT2D eigenvalue weighted by molar-refractivity contribution is 5.74. The molecule has 5 nitrogen and oxygen atoms in total. The lowest BCUT2D eigenvalue weighted by Crippen LogP contribution is -2.37. The van der Waals surface area contributed by atoms with Crippen molar-refractivity contribution in [1.82, 2.24) is 5.32 Å². The van der Waals surface area contributed by atoms with E-state index < -0.39 is 11.7 Å². The van der Waals surface area contributed by atoms with Crippen molar-refractivity contribution in [3.63, 3.8) is 0 Å². The van der Waals surface area contributed by atoms with Crippen LogP contribution in [-0.4, -0.2) is 30.8 Å². The Hall–Kier alpha value is -1.26. The number of carbonyl (C=O) groups is 2. The number of amides is 1. The van der Waals surface area contributed by atoms with Crippen molar-refractivity contribution < 1.29 is 19.1 Å². The molecule has 0 aliphatic rings. The van der Waals surface area contributed by atoms with Crippen LogP contribution in [0.2, 0.25) is 0 Å². The summed E-state index contributed by atoms with van der Waals surface area (Å²) in [5.41, 5.74) is -0.532. The number of carbonyl (C=O) groups excluding carboxylic acids is 2. The normalized spacial score (nSPS) is 12.8. The van der Waals surface area contributed by atoms with Crippen LogP contribution in [0.25, 0.3) is 0 Å². The minimum absolute atomic E-state index is 0.240. The van der Waals surface area contributed by atoms with Gasteiger partial charge in [0.15, 0.2) is 0 Å². The molecule has 0 aromatic heterocycles. The molecule has 0 bridgehead atoms. The lowest BCUT2D eigenvalue weighted by atomic mass is 10.1. The van der Waals surface area contributed by atoms with Crippen LogP contribution in [0.4, 0.5) is 4.79 Å². The summed E-state index contributed by atoms with van der Waals surface area (Å²) in [6, 6.07) is 0. The second-order valence-electron chi connectivity index (χ2n) is 4.74. The Morgan fingerprint density at radius 2 is 1.82 bits per heavy atom. The molecule has 0 saturated carbocycles. The van der Waals surface area contributed by atoms with E-state index in [0.717, 1.165) is 0 Å². The Labute approximate surface area is 103 Å². The van der Waals surface area contributed by atoms with Gasteiger partial charge in [-0.2, -0.15) is 0 Å². The molecule has 100 valence electrons. The van der Waals surface area contributed by atoms with Crippen LogP contribution < -0.4 is 5.32 Å². The van der Waals surface area contributed by atoms with Gasteiger partial charge in [-0.1, -0.05) is 6.92 Å². The maximum atomic E-state index is 11.5. The predicted octanol–water partition coefficient (Wildman–Crippen LogP) is 2.10. The number of hydrogen-bond acceptors (Lipinski definition) is 4. The third-order valence-corrected chi connectivity index (χ3v) is 2.00.